The molecule has 0 aromatic heterocycles. The number of Topliss-reactive ketones (excluding diaryl/α,β-unsaturated/α-hetero) is 1. The summed E-state index contributed by atoms with van der Waals surface area (Å²) in [5.74, 6) is -0.106. The fourth-order valence-electron chi connectivity index (χ4n) is 3.27. The van der Waals surface area contributed by atoms with Gasteiger partial charge in [0.1, 0.15) is 0 Å². The van der Waals surface area contributed by atoms with Gasteiger partial charge in [-0.15, -0.1) is 0 Å². The van der Waals surface area contributed by atoms with Gasteiger partial charge >= 0.3 is 6.09 Å². The molecule has 1 heterocycles. The van der Waals surface area contributed by atoms with Gasteiger partial charge in [0.25, 0.3) is 0 Å². The Hall–Kier alpha value is -1.69. The molecule has 0 N–H and O–H groups in total. The lowest BCUT2D eigenvalue weighted by Crippen LogP contribution is -2.37. The number of benzene rings is 1. The van der Waals surface area contributed by atoms with Crippen LogP contribution in [0.4, 0.5) is 4.79 Å². The highest BCUT2D eigenvalue weighted by Crippen LogP contribution is 2.52. The van der Waals surface area contributed by atoms with E-state index in [0.717, 1.165) is 12.8 Å². The van der Waals surface area contributed by atoms with Crippen LogP contribution >= 0.6 is 0 Å². The average Bonchev–Trinajstić information content (AvgIpc) is 3.23. The number of fused-ring (bicyclic) bond motifs is 1. The molecule has 0 unspecified atom stereocenters. The molecule has 1 aliphatic carbocycles. The van der Waals surface area contributed by atoms with Crippen molar-refractivity contribution in [2.75, 3.05) is 6.61 Å². The van der Waals surface area contributed by atoms with E-state index in [9.17, 15) is 13.8 Å². The van der Waals surface area contributed by atoms with Crippen LogP contribution in [0, 0.1) is 0 Å². The summed E-state index contributed by atoms with van der Waals surface area (Å²) in [6, 6.07) is 8.58. The molecule has 6 heteroatoms. The van der Waals surface area contributed by atoms with Crippen molar-refractivity contribution in [2.24, 2.45) is 0 Å². The number of likely N-dealkylation sites (tertiary alicyclic amines) is 1. The summed E-state index contributed by atoms with van der Waals surface area (Å²) < 4.78 is 18.1. The third-order valence-corrected chi connectivity index (χ3v) is 6.25. The molecule has 2 aliphatic rings. The second kappa shape index (κ2) is 5.83. The molecule has 0 spiro atoms. The SMILES string of the molecule is CCOC(=O)N1[C@@H]2CCCCC(=O)[C@@]21[S@](=O)c1ccccc1. The second-order valence-electron chi connectivity index (χ2n) is 5.53. The Balaban J connectivity index is 1.99. The quantitative estimate of drug-likeness (QED) is 0.802. The molecule has 1 amide bonds. The van der Waals surface area contributed by atoms with Crippen molar-refractivity contribution in [1.29, 1.82) is 0 Å². The standard InChI is InChI=1S/C16H19NO4S/c1-2-21-15(19)17-13-10-6-7-11-14(18)16(13,17)22(20)12-8-4-3-5-9-12/h3-5,8-9,13H,2,6-7,10-11H2,1H3/t13-,16+,17?,22-/m1/s1. The lowest BCUT2D eigenvalue weighted by molar-refractivity contribution is -0.120. The van der Waals surface area contributed by atoms with E-state index < -0.39 is 21.8 Å². The number of carbonyl (C=O) groups excluding carboxylic acids is 2. The van der Waals surface area contributed by atoms with Gasteiger partial charge in [-0.25, -0.2) is 4.79 Å². The Morgan fingerprint density at radius 3 is 2.77 bits per heavy atom. The number of ketones is 1. The fraction of sp³-hybridized carbons (Fsp3) is 0.500. The summed E-state index contributed by atoms with van der Waals surface area (Å²) in [5.41, 5.74) is 0. The smallest absolute Gasteiger partial charge is 0.411 e. The summed E-state index contributed by atoms with van der Waals surface area (Å²) in [7, 11) is -1.58. The normalized spacial score (nSPS) is 28.5. The minimum Gasteiger partial charge on any atom is -0.450 e. The molecule has 5 nitrogen and oxygen atoms in total. The zero-order valence-corrected chi connectivity index (χ0v) is 13.3. The van der Waals surface area contributed by atoms with Gasteiger partial charge in [-0.05, 0) is 31.9 Å². The van der Waals surface area contributed by atoms with Crippen LogP contribution < -0.4 is 0 Å². The third-order valence-electron chi connectivity index (χ3n) is 4.29. The first-order valence-electron chi connectivity index (χ1n) is 7.60. The van der Waals surface area contributed by atoms with E-state index in [-0.39, 0.29) is 18.4 Å². The first-order chi connectivity index (χ1) is 10.6. The van der Waals surface area contributed by atoms with Crippen molar-refractivity contribution in [1.82, 2.24) is 4.90 Å². The topological polar surface area (TPSA) is 63.5 Å². The molecule has 1 saturated carbocycles. The number of carbonyl (C=O) groups is 2. The molecular formula is C16H19NO4S. The van der Waals surface area contributed by atoms with Crippen LogP contribution in [0.25, 0.3) is 0 Å². The number of hydrogen-bond acceptors (Lipinski definition) is 4. The molecule has 0 bridgehead atoms. The van der Waals surface area contributed by atoms with E-state index in [1.54, 1.807) is 31.2 Å². The van der Waals surface area contributed by atoms with Crippen LogP contribution in [0.1, 0.15) is 32.6 Å². The maximum Gasteiger partial charge on any atom is 0.411 e. The Bertz CT molecular complexity index is 618. The Morgan fingerprint density at radius 2 is 2.09 bits per heavy atom. The lowest BCUT2D eigenvalue weighted by Gasteiger charge is -2.15. The fourth-order valence-corrected chi connectivity index (χ4v) is 5.14. The maximum absolute atomic E-state index is 13.1. The molecule has 0 radical (unpaired) electrons. The Kier molecular flexibility index (Phi) is 4.04. The molecule has 3 atom stereocenters. The van der Waals surface area contributed by atoms with Gasteiger partial charge in [-0.1, -0.05) is 24.6 Å². The van der Waals surface area contributed by atoms with Crippen LogP contribution in [-0.2, 0) is 20.3 Å². The van der Waals surface area contributed by atoms with Crippen molar-refractivity contribution in [3.63, 3.8) is 0 Å². The number of hydrogen-bond donors (Lipinski definition) is 0. The van der Waals surface area contributed by atoms with E-state index in [4.69, 9.17) is 4.74 Å². The van der Waals surface area contributed by atoms with Crippen molar-refractivity contribution >= 4 is 22.7 Å². The molecule has 1 aromatic rings. The van der Waals surface area contributed by atoms with Gasteiger partial charge in [0.15, 0.2) is 5.78 Å². The number of rotatable bonds is 3. The molecule has 22 heavy (non-hydrogen) atoms. The van der Waals surface area contributed by atoms with Crippen LogP contribution in [-0.4, -0.2) is 38.5 Å². The highest BCUT2D eigenvalue weighted by atomic mass is 32.2. The highest BCUT2D eigenvalue weighted by molar-refractivity contribution is 7.87. The van der Waals surface area contributed by atoms with Crippen molar-refractivity contribution in [3.8, 4) is 0 Å². The maximum atomic E-state index is 13.1. The Labute approximate surface area is 132 Å². The van der Waals surface area contributed by atoms with Crippen LogP contribution in [0.15, 0.2) is 35.2 Å². The van der Waals surface area contributed by atoms with E-state index in [1.165, 1.54) is 4.90 Å². The summed E-state index contributed by atoms with van der Waals surface area (Å²) in [6.45, 7) is 1.96. The van der Waals surface area contributed by atoms with Crippen LogP contribution in [0.2, 0.25) is 0 Å². The third kappa shape index (κ3) is 2.17. The van der Waals surface area contributed by atoms with E-state index in [1.807, 2.05) is 6.07 Å². The first kappa shape index (κ1) is 15.2. The largest absolute Gasteiger partial charge is 0.450 e. The minimum atomic E-state index is -1.58. The van der Waals surface area contributed by atoms with E-state index >= 15 is 0 Å². The van der Waals surface area contributed by atoms with E-state index in [2.05, 4.69) is 0 Å². The molecule has 118 valence electrons. The van der Waals surface area contributed by atoms with Gasteiger partial charge in [0.05, 0.1) is 23.4 Å². The molecule has 1 aliphatic heterocycles. The second-order valence-corrected chi connectivity index (χ2v) is 7.16. The molecule has 2 fully saturated rings. The zero-order valence-electron chi connectivity index (χ0n) is 12.5. The van der Waals surface area contributed by atoms with Gasteiger partial charge in [0.2, 0.25) is 4.87 Å². The van der Waals surface area contributed by atoms with Crippen molar-refractivity contribution in [3.05, 3.63) is 30.3 Å². The summed E-state index contributed by atoms with van der Waals surface area (Å²) >= 11 is 0. The summed E-state index contributed by atoms with van der Waals surface area (Å²) in [4.78, 5) is 25.6. The number of nitrogens with zero attached hydrogens (tertiary/aromatic N) is 1. The summed E-state index contributed by atoms with van der Waals surface area (Å²) in [6.07, 6.45) is 2.18. The summed E-state index contributed by atoms with van der Waals surface area (Å²) in [5, 5.41) is 0. The van der Waals surface area contributed by atoms with Gasteiger partial charge in [0, 0.05) is 11.3 Å². The van der Waals surface area contributed by atoms with Crippen molar-refractivity contribution < 1.29 is 18.5 Å². The van der Waals surface area contributed by atoms with Crippen molar-refractivity contribution in [2.45, 2.75) is 48.4 Å². The number of amides is 1. The zero-order chi connectivity index (χ0) is 15.7. The van der Waals surface area contributed by atoms with Crippen LogP contribution in [0.5, 0.6) is 0 Å². The highest BCUT2D eigenvalue weighted by Gasteiger charge is 2.74. The van der Waals surface area contributed by atoms with Crippen LogP contribution in [0.3, 0.4) is 0 Å². The van der Waals surface area contributed by atoms with E-state index in [0.29, 0.717) is 17.7 Å². The first-order valence-corrected chi connectivity index (χ1v) is 8.75. The minimum absolute atomic E-state index is 0.106. The molecule has 1 saturated heterocycles. The molecular weight excluding hydrogens is 302 g/mol. The Morgan fingerprint density at radius 1 is 1.36 bits per heavy atom. The number of ether oxygens (including phenoxy) is 1. The average molecular weight is 321 g/mol. The van der Waals surface area contributed by atoms with Gasteiger partial charge in [-0.2, -0.15) is 0 Å². The lowest BCUT2D eigenvalue weighted by atomic mass is 10.2. The molecule has 1 aromatic carbocycles. The molecule has 3 rings (SSSR count). The van der Waals surface area contributed by atoms with Gasteiger partial charge in [-0.3, -0.25) is 13.9 Å². The predicted molar refractivity (Wildman–Crippen MR) is 81.7 cm³/mol. The monoisotopic (exact) mass is 321 g/mol. The van der Waals surface area contributed by atoms with Gasteiger partial charge < -0.3 is 4.74 Å². The predicted octanol–water partition coefficient (Wildman–Crippen LogP) is 2.47.